The Balaban J connectivity index is 2.52. The highest BCUT2D eigenvalue weighted by atomic mass is 19.2. The van der Waals surface area contributed by atoms with Crippen molar-refractivity contribution < 1.29 is 18.4 Å². The topological polar surface area (TPSA) is 61.4 Å². The molecule has 5 nitrogen and oxygen atoms in total. The first-order chi connectivity index (χ1) is 9.26. The second-order valence-corrected chi connectivity index (χ2v) is 5.10. The molecule has 0 saturated heterocycles. The van der Waals surface area contributed by atoms with Gasteiger partial charge in [0, 0.05) is 19.2 Å². The van der Waals surface area contributed by atoms with Crippen LogP contribution in [0.4, 0.5) is 20.2 Å². The summed E-state index contributed by atoms with van der Waals surface area (Å²) in [6.07, 6.45) is 0. The molecule has 0 spiro atoms. The molecule has 1 aliphatic heterocycles. The highest BCUT2D eigenvalue weighted by molar-refractivity contribution is 6.09. The van der Waals surface area contributed by atoms with Gasteiger partial charge in [0.2, 0.25) is 5.91 Å². The number of hydrogen-bond donors (Lipinski definition) is 2. The monoisotopic (exact) mass is 283 g/mol. The van der Waals surface area contributed by atoms with Crippen LogP contribution in [0.25, 0.3) is 0 Å². The molecule has 0 aromatic heterocycles. The Morgan fingerprint density at radius 3 is 2.55 bits per heavy atom. The van der Waals surface area contributed by atoms with Gasteiger partial charge >= 0.3 is 0 Å². The van der Waals surface area contributed by atoms with E-state index in [0.29, 0.717) is 0 Å². The Morgan fingerprint density at radius 2 is 1.95 bits per heavy atom. The Labute approximate surface area is 114 Å². The highest BCUT2D eigenvalue weighted by Crippen LogP contribution is 2.36. The van der Waals surface area contributed by atoms with E-state index < -0.39 is 23.1 Å². The number of fused-ring (bicyclic) bond motifs is 1. The van der Waals surface area contributed by atoms with E-state index in [1.165, 1.54) is 7.05 Å². The number of hydrogen-bond acceptors (Lipinski definition) is 3. The predicted molar refractivity (Wildman–Crippen MR) is 70.5 cm³/mol. The molecule has 0 unspecified atom stereocenters. The Kier molecular flexibility index (Phi) is 3.37. The van der Waals surface area contributed by atoms with Gasteiger partial charge in [-0.25, -0.2) is 8.78 Å². The summed E-state index contributed by atoms with van der Waals surface area (Å²) in [5.74, 6) is -2.87. The fourth-order valence-corrected chi connectivity index (χ4v) is 2.08. The molecule has 1 aliphatic rings. The molecule has 0 atom stereocenters. The Hall–Kier alpha value is -2.18. The summed E-state index contributed by atoms with van der Waals surface area (Å²) in [6, 6.07) is 1.89. The van der Waals surface area contributed by atoms with Gasteiger partial charge in [0.25, 0.3) is 5.91 Å². The molecule has 0 radical (unpaired) electrons. The van der Waals surface area contributed by atoms with Crippen LogP contribution >= 0.6 is 0 Å². The zero-order valence-corrected chi connectivity index (χ0v) is 11.4. The molecule has 108 valence electrons. The van der Waals surface area contributed by atoms with Crippen molar-refractivity contribution in [1.29, 1.82) is 0 Å². The maximum absolute atomic E-state index is 13.4. The lowest BCUT2D eigenvalue weighted by molar-refractivity contribution is -0.125. The third kappa shape index (κ3) is 2.31. The van der Waals surface area contributed by atoms with Crippen LogP contribution < -0.4 is 15.5 Å². The van der Waals surface area contributed by atoms with Crippen molar-refractivity contribution in [1.82, 2.24) is 5.32 Å². The summed E-state index contributed by atoms with van der Waals surface area (Å²) in [6.45, 7) is 2.96. The number of likely N-dealkylation sites (N-methyl/N-ethyl adjacent to an activating group) is 1. The molecular formula is C13H15F2N3O2. The standard InChI is InChI=1S/C13H15F2N3O2/c1-13(2)12(20)18(6-11(19)16-3)10-5-8(15)7(14)4-9(10)17-13/h4-5,17H,6H2,1-3H3,(H,16,19). The van der Waals surface area contributed by atoms with Crippen LogP contribution in [-0.4, -0.2) is 30.9 Å². The van der Waals surface area contributed by atoms with Crippen molar-refractivity contribution >= 4 is 23.2 Å². The van der Waals surface area contributed by atoms with E-state index in [0.717, 1.165) is 17.0 Å². The van der Waals surface area contributed by atoms with Gasteiger partial charge in [0.1, 0.15) is 12.1 Å². The molecule has 0 saturated carbocycles. The number of halogens is 2. The summed E-state index contributed by atoms with van der Waals surface area (Å²) in [7, 11) is 1.44. The first-order valence-corrected chi connectivity index (χ1v) is 6.06. The van der Waals surface area contributed by atoms with Crippen LogP contribution in [0.5, 0.6) is 0 Å². The first-order valence-electron chi connectivity index (χ1n) is 6.06. The summed E-state index contributed by atoms with van der Waals surface area (Å²) in [5.41, 5.74) is -0.583. The number of amides is 2. The van der Waals surface area contributed by atoms with E-state index in [-0.39, 0.29) is 23.8 Å². The molecule has 1 aromatic rings. The molecule has 1 aromatic carbocycles. The zero-order chi connectivity index (χ0) is 15.1. The lowest BCUT2D eigenvalue weighted by Crippen LogP contribution is -2.56. The fourth-order valence-electron chi connectivity index (χ4n) is 2.08. The van der Waals surface area contributed by atoms with Crippen LogP contribution in [-0.2, 0) is 9.59 Å². The molecule has 1 heterocycles. The van der Waals surface area contributed by atoms with Crippen molar-refractivity contribution in [2.75, 3.05) is 23.8 Å². The van der Waals surface area contributed by atoms with Crippen molar-refractivity contribution in [2.24, 2.45) is 0 Å². The molecule has 2 amide bonds. The van der Waals surface area contributed by atoms with Gasteiger partial charge in [0.05, 0.1) is 11.4 Å². The van der Waals surface area contributed by atoms with E-state index in [1.807, 2.05) is 0 Å². The quantitative estimate of drug-likeness (QED) is 0.858. The zero-order valence-electron chi connectivity index (χ0n) is 11.4. The summed E-state index contributed by atoms with van der Waals surface area (Å²) >= 11 is 0. The van der Waals surface area contributed by atoms with Gasteiger partial charge < -0.3 is 10.6 Å². The lowest BCUT2D eigenvalue weighted by Gasteiger charge is -2.39. The smallest absolute Gasteiger partial charge is 0.252 e. The van der Waals surface area contributed by atoms with Crippen molar-refractivity contribution in [3.63, 3.8) is 0 Å². The Morgan fingerprint density at radius 1 is 1.35 bits per heavy atom. The minimum atomic E-state index is -1.07. The summed E-state index contributed by atoms with van der Waals surface area (Å²) < 4.78 is 26.7. The molecule has 2 rings (SSSR count). The van der Waals surface area contributed by atoms with Crippen LogP contribution in [0.2, 0.25) is 0 Å². The third-order valence-electron chi connectivity index (χ3n) is 3.14. The SMILES string of the molecule is CNC(=O)CN1C(=O)C(C)(C)Nc2cc(F)c(F)cc21. The van der Waals surface area contributed by atoms with Crippen molar-refractivity contribution in [3.8, 4) is 0 Å². The van der Waals surface area contributed by atoms with E-state index in [2.05, 4.69) is 10.6 Å². The lowest BCUT2D eigenvalue weighted by atomic mass is 9.98. The highest BCUT2D eigenvalue weighted by Gasteiger charge is 2.39. The number of nitrogens with one attached hydrogen (secondary N) is 2. The molecule has 20 heavy (non-hydrogen) atoms. The predicted octanol–water partition coefficient (Wildman–Crippen LogP) is 1.25. The number of carbonyl (C=O) groups is 2. The Bertz CT molecular complexity index is 587. The number of anilines is 2. The van der Waals surface area contributed by atoms with Crippen LogP contribution in [0.15, 0.2) is 12.1 Å². The average Bonchev–Trinajstić information content (AvgIpc) is 2.37. The van der Waals surface area contributed by atoms with Crippen molar-refractivity contribution in [2.45, 2.75) is 19.4 Å². The number of carbonyl (C=O) groups excluding carboxylic acids is 2. The van der Waals surface area contributed by atoms with Crippen LogP contribution in [0.3, 0.4) is 0 Å². The van der Waals surface area contributed by atoms with Crippen molar-refractivity contribution in [3.05, 3.63) is 23.8 Å². The molecule has 2 N–H and O–H groups in total. The first kappa shape index (κ1) is 14.2. The van der Waals surface area contributed by atoms with Gasteiger partial charge in [-0.15, -0.1) is 0 Å². The van der Waals surface area contributed by atoms with E-state index in [1.54, 1.807) is 13.8 Å². The summed E-state index contributed by atoms with van der Waals surface area (Å²) in [4.78, 5) is 25.0. The molecule has 0 fully saturated rings. The second kappa shape index (κ2) is 4.73. The van der Waals surface area contributed by atoms with Crippen LogP contribution in [0.1, 0.15) is 13.8 Å². The van der Waals surface area contributed by atoms with Gasteiger partial charge in [-0.05, 0) is 13.8 Å². The maximum atomic E-state index is 13.4. The largest absolute Gasteiger partial charge is 0.370 e. The molecule has 0 aliphatic carbocycles. The minimum absolute atomic E-state index is 0.150. The number of rotatable bonds is 2. The van der Waals surface area contributed by atoms with Gasteiger partial charge in [-0.3, -0.25) is 14.5 Å². The van der Waals surface area contributed by atoms with Gasteiger partial charge in [0.15, 0.2) is 11.6 Å². The van der Waals surface area contributed by atoms with Gasteiger partial charge in [-0.1, -0.05) is 0 Å². The second-order valence-electron chi connectivity index (χ2n) is 5.10. The average molecular weight is 283 g/mol. The van der Waals surface area contributed by atoms with E-state index >= 15 is 0 Å². The minimum Gasteiger partial charge on any atom is -0.370 e. The van der Waals surface area contributed by atoms with E-state index in [4.69, 9.17) is 0 Å². The van der Waals surface area contributed by atoms with E-state index in [9.17, 15) is 18.4 Å². The normalized spacial score (nSPS) is 16.4. The summed E-state index contributed by atoms with van der Waals surface area (Å²) in [5, 5.41) is 5.24. The maximum Gasteiger partial charge on any atom is 0.252 e. The number of nitrogens with zero attached hydrogens (tertiary/aromatic N) is 1. The van der Waals surface area contributed by atoms with Gasteiger partial charge in [-0.2, -0.15) is 0 Å². The fraction of sp³-hybridized carbons (Fsp3) is 0.385. The van der Waals surface area contributed by atoms with Crippen LogP contribution in [0, 0.1) is 11.6 Å². The molecular weight excluding hydrogens is 268 g/mol. The third-order valence-corrected chi connectivity index (χ3v) is 3.14. The molecule has 0 bridgehead atoms. The number of benzene rings is 1. The molecule has 7 heteroatoms.